The summed E-state index contributed by atoms with van der Waals surface area (Å²) in [4.78, 5) is 6.31. The van der Waals surface area contributed by atoms with E-state index in [4.69, 9.17) is 4.74 Å². The van der Waals surface area contributed by atoms with E-state index < -0.39 is 0 Å². The van der Waals surface area contributed by atoms with E-state index in [-0.39, 0.29) is 6.04 Å². The maximum Gasteiger partial charge on any atom is 0.174 e. The average Bonchev–Trinajstić information content (AvgIpc) is 3.54. The summed E-state index contributed by atoms with van der Waals surface area (Å²) in [6, 6.07) is 13.3. The van der Waals surface area contributed by atoms with Gasteiger partial charge >= 0.3 is 0 Å². The van der Waals surface area contributed by atoms with Gasteiger partial charge in [0.15, 0.2) is 5.82 Å². The Morgan fingerprint density at radius 3 is 2.61 bits per heavy atom. The summed E-state index contributed by atoms with van der Waals surface area (Å²) in [6.07, 6.45) is 6.23. The third kappa shape index (κ3) is 4.32. The molecule has 0 N–H and O–H groups in total. The average molecular weight is 439 g/mol. The minimum absolute atomic E-state index is 0.115. The van der Waals surface area contributed by atoms with Crippen LogP contribution in [0.15, 0.2) is 41.8 Å². The minimum Gasteiger partial charge on any atom is -0.497 e. The molecule has 3 heterocycles. The SMILES string of the molecule is COc1cccc(N2CCN([C@H](c3cccs3)c3nnnn3C3CCCCC3)CC2)c1. The van der Waals surface area contributed by atoms with Crippen LogP contribution in [0.5, 0.6) is 5.75 Å². The molecule has 2 fully saturated rings. The number of ether oxygens (including phenoxy) is 1. The van der Waals surface area contributed by atoms with E-state index in [0.717, 1.165) is 37.8 Å². The van der Waals surface area contributed by atoms with E-state index >= 15 is 0 Å². The first-order valence-corrected chi connectivity index (χ1v) is 12.2. The summed E-state index contributed by atoms with van der Waals surface area (Å²) < 4.78 is 7.55. The molecular formula is C23H30N6OS. The Kier molecular flexibility index (Phi) is 6.18. The van der Waals surface area contributed by atoms with Crippen LogP contribution in [0.4, 0.5) is 5.69 Å². The van der Waals surface area contributed by atoms with Crippen LogP contribution in [0.1, 0.15) is 54.9 Å². The smallest absolute Gasteiger partial charge is 0.174 e. The Bertz CT molecular complexity index is 960. The number of nitrogens with zero attached hydrogens (tertiary/aromatic N) is 6. The van der Waals surface area contributed by atoms with E-state index in [1.165, 1.54) is 42.7 Å². The molecule has 2 aromatic heterocycles. The maximum absolute atomic E-state index is 5.41. The van der Waals surface area contributed by atoms with Gasteiger partial charge in [-0.15, -0.1) is 16.4 Å². The molecule has 0 unspecified atom stereocenters. The molecule has 8 heteroatoms. The minimum atomic E-state index is 0.115. The number of hydrogen-bond acceptors (Lipinski definition) is 7. The van der Waals surface area contributed by atoms with E-state index in [1.54, 1.807) is 18.4 Å². The van der Waals surface area contributed by atoms with Crippen LogP contribution in [0.2, 0.25) is 0 Å². The van der Waals surface area contributed by atoms with Gasteiger partial charge in [0.1, 0.15) is 11.8 Å². The molecule has 0 spiro atoms. The maximum atomic E-state index is 5.41. The van der Waals surface area contributed by atoms with Crippen molar-refractivity contribution in [2.45, 2.75) is 44.2 Å². The summed E-state index contributed by atoms with van der Waals surface area (Å²) >= 11 is 1.80. The molecule has 1 aliphatic carbocycles. The zero-order chi connectivity index (χ0) is 21.0. The lowest BCUT2D eigenvalue weighted by molar-refractivity contribution is 0.196. The second-order valence-corrected chi connectivity index (χ2v) is 9.40. The predicted octanol–water partition coefficient (Wildman–Crippen LogP) is 4.16. The number of aromatic nitrogens is 4. The van der Waals surface area contributed by atoms with Crippen molar-refractivity contribution in [3.8, 4) is 5.75 Å². The van der Waals surface area contributed by atoms with Gasteiger partial charge < -0.3 is 9.64 Å². The summed E-state index contributed by atoms with van der Waals surface area (Å²) in [6.45, 7) is 3.88. The lowest BCUT2D eigenvalue weighted by Gasteiger charge is -2.39. The van der Waals surface area contributed by atoms with Gasteiger partial charge in [0, 0.05) is 42.8 Å². The van der Waals surface area contributed by atoms with Gasteiger partial charge in [0.2, 0.25) is 0 Å². The third-order valence-electron chi connectivity index (χ3n) is 6.59. The van der Waals surface area contributed by atoms with Gasteiger partial charge in [-0.1, -0.05) is 31.4 Å². The molecule has 0 radical (unpaired) electrons. The Balaban J connectivity index is 1.37. The van der Waals surface area contributed by atoms with Crippen molar-refractivity contribution in [2.75, 3.05) is 38.2 Å². The molecule has 2 aliphatic rings. The van der Waals surface area contributed by atoms with Crippen molar-refractivity contribution in [1.82, 2.24) is 25.1 Å². The molecular weight excluding hydrogens is 408 g/mol. The zero-order valence-electron chi connectivity index (χ0n) is 18.1. The molecule has 0 bridgehead atoms. The summed E-state index contributed by atoms with van der Waals surface area (Å²) in [5.41, 5.74) is 1.22. The highest BCUT2D eigenvalue weighted by Crippen LogP contribution is 2.35. The predicted molar refractivity (Wildman–Crippen MR) is 123 cm³/mol. The summed E-state index contributed by atoms with van der Waals surface area (Å²) in [5, 5.41) is 15.3. The van der Waals surface area contributed by atoms with Gasteiger partial charge in [-0.25, -0.2) is 4.68 Å². The molecule has 1 saturated heterocycles. The molecule has 164 valence electrons. The normalized spacial score (nSPS) is 19.5. The Morgan fingerprint density at radius 1 is 1.03 bits per heavy atom. The Hall–Kier alpha value is -2.45. The monoisotopic (exact) mass is 438 g/mol. The molecule has 3 aromatic rings. The van der Waals surface area contributed by atoms with Gasteiger partial charge in [-0.2, -0.15) is 0 Å². The number of rotatable bonds is 6. The molecule has 31 heavy (non-hydrogen) atoms. The van der Waals surface area contributed by atoms with E-state index in [1.807, 2.05) is 6.07 Å². The van der Waals surface area contributed by atoms with E-state index in [2.05, 4.69) is 65.7 Å². The number of methoxy groups -OCH3 is 1. The molecule has 1 aromatic carbocycles. The largest absolute Gasteiger partial charge is 0.497 e. The van der Waals surface area contributed by atoms with Crippen LogP contribution < -0.4 is 9.64 Å². The molecule has 0 amide bonds. The van der Waals surface area contributed by atoms with Crippen molar-refractivity contribution in [3.63, 3.8) is 0 Å². The summed E-state index contributed by atoms with van der Waals surface area (Å²) in [7, 11) is 1.72. The highest BCUT2D eigenvalue weighted by Gasteiger charge is 2.33. The first-order valence-electron chi connectivity index (χ1n) is 11.3. The first-order chi connectivity index (χ1) is 15.3. The number of hydrogen-bond donors (Lipinski definition) is 0. The van der Waals surface area contributed by atoms with Gasteiger partial charge in [-0.05, 0) is 46.8 Å². The topological polar surface area (TPSA) is 59.3 Å². The second kappa shape index (κ2) is 9.36. The lowest BCUT2D eigenvalue weighted by atomic mass is 9.95. The van der Waals surface area contributed by atoms with Gasteiger partial charge in [0.05, 0.1) is 13.2 Å². The molecule has 1 aliphatic heterocycles. The fourth-order valence-electron chi connectivity index (χ4n) is 4.93. The van der Waals surface area contributed by atoms with Crippen molar-refractivity contribution in [3.05, 3.63) is 52.5 Å². The van der Waals surface area contributed by atoms with Crippen LogP contribution in [-0.2, 0) is 0 Å². The van der Waals surface area contributed by atoms with Gasteiger partial charge in [0.25, 0.3) is 0 Å². The van der Waals surface area contributed by atoms with Crippen molar-refractivity contribution in [2.24, 2.45) is 0 Å². The fraction of sp³-hybridized carbons (Fsp3) is 0.522. The highest BCUT2D eigenvalue weighted by molar-refractivity contribution is 7.10. The Morgan fingerprint density at radius 2 is 1.87 bits per heavy atom. The highest BCUT2D eigenvalue weighted by atomic mass is 32.1. The van der Waals surface area contributed by atoms with Crippen molar-refractivity contribution in [1.29, 1.82) is 0 Å². The Labute approximate surface area is 187 Å². The summed E-state index contributed by atoms with van der Waals surface area (Å²) in [5.74, 6) is 1.91. The number of thiophene rings is 1. The lowest BCUT2D eigenvalue weighted by Crippen LogP contribution is -2.48. The van der Waals surface area contributed by atoms with E-state index in [0.29, 0.717) is 6.04 Å². The zero-order valence-corrected chi connectivity index (χ0v) is 18.9. The van der Waals surface area contributed by atoms with Crippen LogP contribution >= 0.6 is 11.3 Å². The molecule has 1 atom stereocenters. The van der Waals surface area contributed by atoms with Crippen molar-refractivity contribution < 1.29 is 4.74 Å². The quantitative estimate of drug-likeness (QED) is 0.576. The number of anilines is 1. The molecule has 1 saturated carbocycles. The van der Waals surface area contributed by atoms with Crippen LogP contribution in [0.3, 0.4) is 0 Å². The van der Waals surface area contributed by atoms with Crippen LogP contribution in [0, 0.1) is 0 Å². The second-order valence-electron chi connectivity index (χ2n) is 8.42. The van der Waals surface area contributed by atoms with Crippen LogP contribution in [-0.4, -0.2) is 58.4 Å². The number of benzene rings is 1. The first kappa shape index (κ1) is 20.5. The van der Waals surface area contributed by atoms with Crippen molar-refractivity contribution >= 4 is 17.0 Å². The third-order valence-corrected chi connectivity index (χ3v) is 7.52. The molecule has 5 rings (SSSR count). The number of piperazine rings is 1. The van der Waals surface area contributed by atoms with Crippen LogP contribution in [0.25, 0.3) is 0 Å². The molecule has 7 nitrogen and oxygen atoms in total. The van der Waals surface area contributed by atoms with Gasteiger partial charge in [-0.3, -0.25) is 4.90 Å². The van der Waals surface area contributed by atoms with E-state index in [9.17, 15) is 0 Å². The number of tetrazole rings is 1. The fourth-order valence-corrected chi connectivity index (χ4v) is 5.78. The standard InChI is InChI=1S/C23H30N6OS/c1-30-20-10-5-9-19(17-20)27-12-14-28(15-13-27)22(21-11-6-16-31-21)23-24-25-26-29(23)18-7-3-2-4-8-18/h5-6,9-11,16-18,22H,2-4,7-8,12-15H2,1H3/t22-/m1/s1.